The molecule has 1 heterocycles. The summed E-state index contributed by atoms with van der Waals surface area (Å²) < 4.78 is 15.8. The van der Waals surface area contributed by atoms with E-state index in [1.165, 1.54) is 0 Å². The van der Waals surface area contributed by atoms with Crippen LogP contribution in [0.2, 0.25) is 0 Å². The molecule has 0 spiro atoms. The van der Waals surface area contributed by atoms with Crippen LogP contribution < -0.4 is 24.8 Å². The van der Waals surface area contributed by atoms with Gasteiger partial charge in [-0.15, -0.1) is 0 Å². The maximum Gasteiger partial charge on any atom is 0.205 e. The third-order valence-corrected chi connectivity index (χ3v) is 2.66. The van der Waals surface area contributed by atoms with Crippen molar-refractivity contribution < 1.29 is 19.3 Å². The summed E-state index contributed by atoms with van der Waals surface area (Å²) in [5.41, 5.74) is 1.59. The Labute approximate surface area is 99.5 Å². The molecular formula is C11H16N2O4. The van der Waals surface area contributed by atoms with Crippen LogP contribution in [0.3, 0.4) is 0 Å². The summed E-state index contributed by atoms with van der Waals surface area (Å²) >= 11 is 0. The lowest BCUT2D eigenvalue weighted by Gasteiger charge is -2.15. The Morgan fingerprint density at radius 2 is 1.82 bits per heavy atom. The topological polar surface area (TPSA) is 72.0 Å². The number of hydrogen-bond donors (Lipinski definition) is 3. The van der Waals surface area contributed by atoms with E-state index >= 15 is 0 Å². The van der Waals surface area contributed by atoms with Crippen LogP contribution in [0.25, 0.3) is 0 Å². The molecule has 0 saturated carbocycles. The molecule has 0 aliphatic carbocycles. The lowest BCUT2D eigenvalue weighted by molar-refractivity contribution is 0.286. The Bertz CT molecular complexity index is 422. The minimum absolute atomic E-state index is 0.0253. The zero-order valence-corrected chi connectivity index (χ0v) is 10.0. The van der Waals surface area contributed by atoms with Gasteiger partial charge in [0.2, 0.25) is 5.75 Å². The van der Waals surface area contributed by atoms with Crippen molar-refractivity contribution in [2.75, 3.05) is 38.6 Å². The molecule has 0 aromatic heterocycles. The second-order valence-corrected chi connectivity index (χ2v) is 3.59. The van der Waals surface area contributed by atoms with Crippen molar-refractivity contribution in [2.24, 2.45) is 0 Å². The van der Waals surface area contributed by atoms with E-state index in [0.29, 0.717) is 17.2 Å². The van der Waals surface area contributed by atoms with E-state index < -0.39 is 0 Å². The summed E-state index contributed by atoms with van der Waals surface area (Å²) in [5, 5.41) is 15.3. The Kier molecular flexibility index (Phi) is 3.14. The SMILES string of the molecule is COc1cc2c(c(OC)c1OC)NC(CO)N2. The second kappa shape index (κ2) is 4.58. The fraction of sp³-hybridized carbons (Fsp3) is 0.455. The summed E-state index contributed by atoms with van der Waals surface area (Å²) in [6.45, 7) is -0.0253. The van der Waals surface area contributed by atoms with Gasteiger partial charge in [0, 0.05) is 6.07 Å². The summed E-state index contributed by atoms with van der Waals surface area (Å²) in [6, 6.07) is 1.80. The number of benzene rings is 1. The molecule has 1 aromatic rings. The molecule has 1 aromatic carbocycles. The standard InChI is InChI=1S/C11H16N2O4/c1-15-7-4-6-9(13-8(5-14)12-6)11(17-3)10(7)16-2/h4,8,12-14H,5H2,1-3H3. The highest BCUT2D eigenvalue weighted by molar-refractivity contribution is 5.86. The molecule has 6 nitrogen and oxygen atoms in total. The van der Waals surface area contributed by atoms with E-state index in [0.717, 1.165) is 11.4 Å². The average Bonchev–Trinajstić information content (AvgIpc) is 2.78. The number of aliphatic hydroxyl groups is 1. The van der Waals surface area contributed by atoms with Crippen LogP contribution in [0.5, 0.6) is 17.2 Å². The van der Waals surface area contributed by atoms with Crippen molar-refractivity contribution in [1.82, 2.24) is 0 Å². The Balaban J connectivity index is 2.52. The van der Waals surface area contributed by atoms with Crippen LogP contribution in [0.15, 0.2) is 6.07 Å². The van der Waals surface area contributed by atoms with Crippen molar-refractivity contribution >= 4 is 11.4 Å². The van der Waals surface area contributed by atoms with Gasteiger partial charge in [0.05, 0.1) is 33.6 Å². The van der Waals surface area contributed by atoms with Crippen LogP contribution in [-0.4, -0.2) is 39.2 Å². The van der Waals surface area contributed by atoms with Crippen LogP contribution >= 0.6 is 0 Å². The van der Waals surface area contributed by atoms with E-state index in [-0.39, 0.29) is 12.8 Å². The lowest BCUT2D eigenvalue weighted by Crippen LogP contribution is -2.26. The first-order valence-corrected chi connectivity index (χ1v) is 5.22. The van der Waals surface area contributed by atoms with E-state index in [2.05, 4.69) is 10.6 Å². The van der Waals surface area contributed by atoms with Gasteiger partial charge < -0.3 is 30.0 Å². The third kappa shape index (κ3) is 1.80. The minimum Gasteiger partial charge on any atom is -0.493 e. The van der Waals surface area contributed by atoms with Gasteiger partial charge in [-0.1, -0.05) is 0 Å². The van der Waals surface area contributed by atoms with Crippen molar-refractivity contribution in [1.29, 1.82) is 0 Å². The van der Waals surface area contributed by atoms with Gasteiger partial charge in [0.25, 0.3) is 0 Å². The molecule has 2 rings (SSSR count). The van der Waals surface area contributed by atoms with Crippen molar-refractivity contribution in [2.45, 2.75) is 6.17 Å². The van der Waals surface area contributed by atoms with Crippen LogP contribution in [-0.2, 0) is 0 Å². The summed E-state index contributed by atoms with van der Waals surface area (Å²) in [5.74, 6) is 1.67. The van der Waals surface area contributed by atoms with Crippen LogP contribution in [0.1, 0.15) is 0 Å². The fourth-order valence-corrected chi connectivity index (χ4v) is 1.90. The molecule has 3 N–H and O–H groups in total. The number of nitrogens with one attached hydrogen (secondary N) is 2. The van der Waals surface area contributed by atoms with Crippen molar-refractivity contribution in [3.63, 3.8) is 0 Å². The predicted molar refractivity (Wildman–Crippen MR) is 64.2 cm³/mol. The average molecular weight is 240 g/mol. The molecule has 1 unspecified atom stereocenters. The summed E-state index contributed by atoms with van der Waals surface area (Å²) in [4.78, 5) is 0. The smallest absolute Gasteiger partial charge is 0.205 e. The van der Waals surface area contributed by atoms with Gasteiger partial charge in [-0.05, 0) is 0 Å². The van der Waals surface area contributed by atoms with Gasteiger partial charge in [-0.2, -0.15) is 0 Å². The van der Waals surface area contributed by atoms with Crippen molar-refractivity contribution in [3.8, 4) is 17.2 Å². The van der Waals surface area contributed by atoms with E-state index in [1.807, 2.05) is 0 Å². The zero-order chi connectivity index (χ0) is 12.4. The Morgan fingerprint density at radius 3 is 2.35 bits per heavy atom. The zero-order valence-electron chi connectivity index (χ0n) is 10.0. The first-order valence-electron chi connectivity index (χ1n) is 5.22. The molecule has 0 bridgehead atoms. The molecule has 1 atom stereocenters. The number of aliphatic hydroxyl groups excluding tert-OH is 1. The van der Waals surface area contributed by atoms with Crippen molar-refractivity contribution in [3.05, 3.63) is 6.07 Å². The minimum atomic E-state index is -0.226. The largest absolute Gasteiger partial charge is 0.493 e. The first-order chi connectivity index (χ1) is 8.24. The third-order valence-electron chi connectivity index (χ3n) is 2.66. The molecule has 0 saturated heterocycles. The number of rotatable bonds is 4. The molecule has 17 heavy (non-hydrogen) atoms. The van der Waals surface area contributed by atoms with E-state index in [9.17, 15) is 0 Å². The Hall–Kier alpha value is -1.82. The Morgan fingerprint density at radius 1 is 1.12 bits per heavy atom. The summed E-state index contributed by atoms with van der Waals surface area (Å²) in [6.07, 6.45) is -0.226. The first kappa shape index (κ1) is 11.7. The molecule has 0 amide bonds. The van der Waals surface area contributed by atoms with Crippen LogP contribution in [0.4, 0.5) is 11.4 Å². The fourth-order valence-electron chi connectivity index (χ4n) is 1.90. The monoisotopic (exact) mass is 240 g/mol. The van der Waals surface area contributed by atoms with Crippen LogP contribution in [0, 0.1) is 0 Å². The number of anilines is 2. The van der Waals surface area contributed by atoms with Gasteiger partial charge in [0.15, 0.2) is 11.5 Å². The quantitative estimate of drug-likeness (QED) is 0.725. The molecule has 0 fully saturated rings. The van der Waals surface area contributed by atoms with E-state index in [1.54, 1.807) is 27.4 Å². The second-order valence-electron chi connectivity index (χ2n) is 3.59. The molecule has 94 valence electrons. The van der Waals surface area contributed by atoms with Gasteiger partial charge in [0.1, 0.15) is 11.9 Å². The van der Waals surface area contributed by atoms with E-state index in [4.69, 9.17) is 19.3 Å². The van der Waals surface area contributed by atoms with Gasteiger partial charge in [-0.3, -0.25) is 0 Å². The van der Waals surface area contributed by atoms with Gasteiger partial charge in [-0.25, -0.2) is 0 Å². The molecule has 1 aliphatic heterocycles. The molecule has 0 radical (unpaired) electrons. The number of methoxy groups -OCH3 is 3. The highest BCUT2D eigenvalue weighted by atomic mass is 16.5. The maximum atomic E-state index is 9.13. The molecular weight excluding hydrogens is 224 g/mol. The number of hydrogen-bond acceptors (Lipinski definition) is 6. The normalized spacial score (nSPS) is 16.8. The highest BCUT2D eigenvalue weighted by Crippen LogP contribution is 2.49. The molecule has 1 aliphatic rings. The lowest BCUT2D eigenvalue weighted by atomic mass is 10.2. The summed E-state index contributed by atoms with van der Waals surface area (Å²) in [7, 11) is 4.68. The van der Waals surface area contributed by atoms with Gasteiger partial charge >= 0.3 is 0 Å². The maximum absolute atomic E-state index is 9.13. The molecule has 6 heteroatoms. The predicted octanol–water partition coefficient (Wildman–Crippen LogP) is 0.868. The number of ether oxygens (including phenoxy) is 3. The highest BCUT2D eigenvalue weighted by Gasteiger charge is 2.27. The number of fused-ring (bicyclic) bond motifs is 1.